The highest BCUT2D eigenvalue weighted by atomic mass is 16.4. The molecule has 5 rings (SSSR count). The summed E-state index contributed by atoms with van der Waals surface area (Å²) in [7, 11) is 0. The average Bonchev–Trinajstić information content (AvgIpc) is 3.07. The van der Waals surface area contributed by atoms with Crippen molar-refractivity contribution in [2.45, 2.75) is 6.92 Å². The summed E-state index contributed by atoms with van der Waals surface area (Å²) in [6.45, 7) is 0.971. The molecule has 0 aliphatic heterocycles. The van der Waals surface area contributed by atoms with Crippen LogP contribution in [0.1, 0.15) is 18.1 Å². The molecule has 17 heteroatoms. The Kier molecular flexibility index (Phi) is 12.5. The molecule has 1 aromatic heterocycles. The zero-order valence-corrected chi connectivity index (χ0v) is 26.2. The number of carbonyl (C=O) groups excluding carboxylic acids is 1. The number of phenolic OH excluding ortho intramolecular Hbond substituents is 3. The van der Waals surface area contributed by atoms with E-state index in [9.17, 15) is 34.8 Å². The van der Waals surface area contributed by atoms with Gasteiger partial charge in [0.1, 0.15) is 29.5 Å². The van der Waals surface area contributed by atoms with Crippen LogP contribution in [-0.2, 0) is 9.59 Å². The number of phenols is 3. The molecule has 0 radical (unpaired) electrons. The number of nitrogens with two attached hydrogens (primary N) is 2. The van der Waals surface area contributed by atoms with Crippen LogP contribution in [-0.4, -0.2) is 55.6 Å². The van der Waals surface area contributed by atoms with E-state index in [1.165, 1.54) is 37.3 Å². The first-order valence-electron chi connectivity index (χ1n) is 14.2. The Morgan fingerprint density at radius 3 is 1.94 bits per heavy atom. The minimum Gasteiger partial charge on any atom is -0.508 e. The first-order chi connectivity index (χ1) is 23.7. The van der Waals surface area contributed by atoms with E-state index in [-0.39, 0.29) is 57.9 Å². The summed E-state index contributed by atoms with van der Waals surface area (Å²) in [5.74, 6) is -2.92. The molecule has 0 saturated heterocycles. The third kappa shape index (κ3) is 10.6. The minimum atomic E-state index is -1.03. The summed E-state index contributed by atoms with van der Waals surface area (Å²) >= 11 is 0. The lowest BCUT2D eigenvalue weighted by molar-refractivity contribution is -0.137. The molecule has 0 spiro atoms. The van der Waals surface area contributed by atoms with Gasteiger partial charge in [-0.15, -0.1) is 5.11 Å². The highest BCUT2D eigenvalue weighted by Gasteiger charge is 2.16. The molecule has 17 nitrogen and oxygen atoms in total. The number of amidine groups is 2. The molecular formula is C33H32N8O9. The van der Waals surface area contributed by atoms with Gasteiger partial charge in [0.2, 0.25) is 17.1 Å². The largest absolute Gasteiger partial charge is 0.508 e. The Morgan fingerprint density at radius 2 is 1.42 bits per heavy atom. The van der Waals surface area contributed by atoms with Gasteiger partial charge >= 0.3 is 5.97 Å². The summed E-state index contributed by atoms with van der Waals surface area (Å²) in [6, 6.07) is 21.5. The van der Waals surface area contributed by atoms with Gasteiger partial charge < -0.3 is 46.7 Å². The molecule has 0 saturated carbocycles. The second kappa shape index (κ2) is 16.9. The monoisotopic (exact) mass is 684 g/mol. The molecule has 0 atom stereocenters. The average molecular weight is 685 g/mol. The van der Waals surface area contributed by atoms with Crippen molar-refractivity contribution >= 4 is 45.9 Å². The van der Waals surface area contributed by atoms with Gasteiger partial charge in [0, 0.05) is 29.7 Å². The second-order valence-electron chi connectivity index (χ2n) is 10.1. The van der Waals surface area contributed by atoms with Crippen molar-refractivity contribution in [1.29, 1.82) is 10.8 Å². The summed E-state index contributed by atoms with van der Waals surface area (Å²) in [5.41, 5.74) is 15.8. The highest BCUT2D eigenvalue weighted by Crippen LogP contribution is 2.35. The predicted octanol–water partition coefficient (Wildman–Crippen LogP) is 3.86. The third-order valence-electron chi connectivity index (χ3n) is 6.30. The van der Waals surface area contributed by atoms with Crippen LogP contribution in [0.3, 0.4) is 0 Å². The summed E-state index contributed by atoms with van der Waals surface area (Å²) in [6.07, 6.45) is 0. The number of fused-ring (bicyclic) bond motifs is 1. The Bertz CT molecular complexity index is 2100. The maximum Gasteiger partial charge on any atom is 0.322 e. The number of rotatable bonds is 8. The summed E-state index contributed by atoms with van der Waals surface area (Å²) < 4.78 is 5.43. The van der Waals surface area contributed by atoms with Crippen LogP contribution in [0.4, 0.5) is 11.4 Å². The molecule has 13 N–H and O–H groups in total. The van der Waals surface area contributed by atoms with Crippen molar-refractivity contribution in [2.24, 2.45) is 21.8 Å². The Labute approximate surface area is 282 Å². The van der Waals surface area contributed by atoms with Gasteiger partial charge in [-0.05, 0) is 78.9 Å². The van der Waals surface area contributed by atoms with Crippen LogP contribution < -0.4 is 27.6 Å². The maximum absolute atomic E-state index is 12.1. The van der Waals surface area contributed by atoms with Crippen molar-refractivity contribution in [3.05, 3.63) is 106 Å². The summed E-state index contributed by atoms with van der Waals surface area (Å²) in [5, 5.41) is 70.8. The number of aromatic hydroxyl groups is 4. The fraction of sp³-hybridized carbons (Fsp3) is 0.0606. The number of hydrogen-bond acceptors (Lipinski definition) is 12. The van der Waals surface area contributed by atoms with Crippen LogP contribution in [0.5, 0.6) is 23.0 Å². The van der Waals surface area contributed by atoms with E-state index < -0.39 is 22.9 Å². The minimum absolute atomic E-state index is 0.0159. The zero-order valence-electron chi connectivity index (χ0n) is 26.2. The van der Waals surface area contributed by atoms with Crippen LogP contribution in [0, 0.1) is 10.8 Å². The first-order valence-corrected chi connectivity index (χ1v) is 14.2. The van der Waals surface area contributed by atoms with E-state index in [0.717, 1.165) is 11.8 Å². The topological polar surface area (TPSA) is 314 Å². The lowest BCUT2D eigenvalue weighted by Gasteiger charge is -2.07. The lowest BCUT2D eigenvalue weighted by atomic mass is 10.1. The molecule has 0 bridgehead atoms. The van der Waals surface area contributed by atoms with Crippen LogP contribution in [0.25, 0.3) is 22.3 Å². The number of nitrogens with zero attached hydrogens (tertiary/aromatic N) is 2. The van der Waals surface area contributed by atoms with E-state index in [4.69, 9.17) is 31.8 Å². The number of carboxylic acid groups (broad SMARTS) is 1. The molecule has 5 aromatic rings. The van der Waals surface area contributed by atoms with Crippen LogP contribution in [0.2, 0.25) is 0 Å². The molecule has 0 unspecified atom stereocenters. The molecular weight excluding hydrogens is 652 g/mol. The zero-order chi connectivity index (χ0) is 37.0. The quantitative estimate of drug-likeness (QED) is 0.0365. The van der Waals surface area contributed by atoms with E-state index >= 15 is 0 Å². The van der Waals surface area contributed by atoms with Gasteiger partial charge in [-0.3, -0.25) is 30.6 Å². The van der Waals surface area contributed by atoms with Crippen LogP contribution in [0.15, 0.2) is 104 Å². The fourth-order valence-corrected chi connectivity index (χ4v) is 3.80. The van der Waals surface area contributed by atoms with Gasteiger partial charge in [-0.2, -0.15) is 0 Å². The predicted molar refractivity (Wildman–Crippen MR) is 184 cm³/mol. The normalized spacial score (nSPS) is 10.3. The second-order valence-corrected chi connectivity index (χ2v) is 10.1. The number of hydrogen-bond donors (Lipinski definition) is 11. The van der Waals surface area contributed by atoms with Gasteiger partial charge in [-0.1, -0.05) is 5.22 Å². The maximum atomic E-state index is 12.1. The number of carbonyl (C=O) groups is 2. The van der Waals surface area contributed by atoms with E-state index in [1.807, 2.05) is 0 Å². The smallest absolute Gasteiger partial charge is 0.322 e. The molecule has 1 heterocycles. The Hall–Kier alpha value is -7.43. The van der Waals surface area contributed by atoms with Crippen molar-refractivity contribution in [1.82, 2.24) is 5.32 Å². The number of anilines is 1. The molecule has 258 valence electrons. The number of benzene rings is 4. The van der Waals surface area contributed by atoms with Crippen molar-refractivity contribution in [2.75, 3.05) is 12.0 Å². The van der Waals surface area contributed by atoms with Crippen LogP contribution >= 0.6 is 0 Å². The Morgan fingerprint density at radius 1 is 0.820 bits per heavy atom. The fourth-order valence-electron chi connectivity index (χ4n) is 3.80. The SMILES string of the molecule is CC(=O)NCC(=O)O.N=C(N)c1ccc(/N=N/Nc2ccc(C(=N)N)cc2)cc1.O=c1c(O)c(-c2ccc(O)c(O)c2)oc2cc(O)ccc12. The van der Waals surface area contributed by atoms with Gasteiger partial charge in [0.05, 0.1) is 16.8 Å². The van der Waals surface area contributed by atoms with Gasteiger partial charge in [0.15, 0.2) is 17.3 Å². The number of amides is 1. The molecule has 4 aromatic carbocycles. The molecule has 0 fully saturated rings. The molecule has 1 amide bonds. The molecule has 0 aliphatic carbocycles. The number of nitrogens with one attached hydrogen (secondary N) is 4. The van der Waals surface area contributed by atoms with Gasteiger partial charge in [-0.25, -0.2) is 0 Å². The number of aliphatic carboxylic acids is 1. The lowest BCUT2D eigenvalue weighted by Crippen LogP contribution is -2.26. The molecule has 0 aliphatic rings. The first kappa shape index (κ1) is 37.0. The Balaban J connectivity index is 0.000000223. The van der Waals surface area contributed by atoms with Crippen molar-refractivity contribution in [3.8, 4) is 34.3 Å². The number of carboxylic acids is 1. The van der Waals surface area contributed by atoms with Crippen molar-refractivity contribution in [3.63, 3.8) is 0 Å². The standard InChI is InChI=1S/C15H10O6.C14H15N7.C4H7NO3/c16-8-2-3-9-12(6-8)21-15(14(20)13(9)19)7-1-4-10(17)11(18)5-7;15-13(16)9-1-5-11(6-2-9)19-21-20-12-7-3-10(4-8-12)14(17)18;1-3(6)5-2-4(7)8/h1-6,16-18,20H;1-8H,(H3,15,16)(H3,17,18)(H,19,20);2H2,1H3,(H,5,6)(H,7,8). The van der Waals surface area contributed by atoms with Gasteiger partial charge in [0.25, 0.3) is 0 Å². The van der Waals surface area contributed by atoms with E-state index in [0.29, 0.717) is 16.8 Å². The van der Waals surface area contributed by atoms with E-state index in [2.05, 4.69) is 21.1 Å². The molecule has 50 heavy (non-hydrogen) atoms. The van der Waals surface area contributed by atoms with Crippen molar-refractivity contribution < 1.29 is 39.5 Å². The summed E-state index contributed by atoms with van der Waals surface area (Å²) in [4.78, 5) is 31.7. The third-order valence-corrected chi connectivity index (χ3v) is 6.30. The van der Waals surface area contributed by atoms with E-state index in [1.54, 1.807) is 48.5 Å². The number of nitrogen functional groups attached to an aromatic ring is 2. The highest BCUT2D eigenvalue weighted by molar-refractivity contribution is 5.95.